The standard InChI is InChI=1S/C23H27NO3/c1-3-8-18(23(26)27)15-21(25)24-14-13-19-16(2)9-7-12-20(19)22(24)17-10-5-4-6-11-17/h4-7,9-12,18,22H,3,8,13-15H2,1-2H3,(H,26,27). The highest BCUT2D eigenvalue weighted by Gasteiger charge is 2.34. The number of carboxylic acids is 1. The first kappa shape index (κ1) is 19.2. The molecule has 2 atom stereocenters. The highest BCUT2D eigenvalue weighted by atomic mass is 16.4. The molecule has 0 aromatic heterocycles. The maximum absolute atomic E-state index is 13.1. The molecule has 0 saturated heterocycles. The fourth-order valence-corrected chi connectivity index (χ4v) is 4.10. The maximum atomic E-state index is 13.1. The van der Waals surface area contributed by atoms with Crippen LogP contribution in [0.2, 0.25) is 0 Å². The number of amides is 1. The zero-order chi connectivity index (χ0) is 19.4. The van der Waals surface area contributed by atoms with Crippen molar-refractivity contribution in [2.75, 3.05) is 6.54 Å². The van der Waals surface area contributed by atoms with Crippen molar-refractivity contribution in [1.29, 1.82) is 0 Å². The molecule has 142 valence electrons. The lowest BCUT2D eigenvalue weighted by Crippen LogP contribution is -2.42. The van der Waals surface area contributed by atoms with Crippen LogP contribution in [0.4, 0.5) is 0 Å². The fourth-order valence-electron chi connectivity index (χ4n) is 4.10. The SMILES string of the molecule is CCCC(CC(=O)N1CCc2c(C)cccc2C1c1ccccc1)C(=O)O. The number of carboxylic acid groups (broad SMARTS) is 1. The largest absolute Gasteiger partial charge is 0.481 e. The van der Waals surface area contributed by atoms with E-state index in [0.29, 0.717) is 13.0 Å². The Hall–Kier alpha value is -2.62. The van der Waals surface area contributed by atoms with Gasteiger partial charge in [0, 0.05) is 13.0 Å². The molecule has 1 aliphatic heterocycles. The topological polar surface area (TPSA) is 57.6 Å². The van der Waals surface area contributed by atoms with Crippen molar-refractivity contribution in [1.82, 2.24) is 4.90 Å². The summed E-state index contributed by atoms with van der Waals surface area (Å²) in [5, 5.41) is 9.46. The average Bonchev–Trinajstić information content (AvgIpc) is 2.67. The van der Waals surface area contributed by atoms with Gasteiger partial charge in [-0.25, -0.2) is 0 Å². The Labute approximate surface area is 160 Å². The quantitative estimate of drug-likeness (QED) is 0.827. The number of hydrogen-bond acceptors (Lipinski definition) is 2. The minimum atomic E-state index is -0.880. The molecule has 0 spiro atoms. The minimum Gasteiger partial charge on any atom is -0.481 e. The van der Waals surface area contributed by atoms with E-state index in [0.717, 1.165) is 24.0 Å². The lowest BCUT2D eigenvalue weighted by atomic mass is 9.85. The van der Waals surface area contributed by atoms with Crippen molar-refractivity contribution in [3.05, 3.63) is 70.8 Å². The lowest BCUT2D eigenvalue weighted by molar-refractivity contribution is -0.146. The van der Waals surface area contributed by atoms with E-state index >= 15 is 0 Å². The zero-order valence-electron chi connectivity index (χ0n) is 16.0. The summed E-state index contributed by atoms with van der Waals surface area (Å²) in [5.74, 6) is -1.57. The molecule has 0 fully saturated rings. The molecule has 2 aromatic carbocycles. The third kappa shape index (κ3) is 4.05. The summed E-state index contributed by atoms with van der Waals surface area (Å²) in [6.45, 7) is 4.68. The van der Waals surface area contributed by atoms with Crippen LogP contribution in [0, 0.1) is 12.8 Å². The summed E-state index contributed by atoms with van der Waals surface area (Å²) in [5.41, 5.74) is 4.77. The van der Waals surface area contributed by atoms with Gasteiger partial charge in [-0.15, -0.1) is 0 Å². The minimum absolute atomic E-state index is 0.0632. The summed E-state index contributed by atoms with van der Waals surface area (Å²) in [6.07, 6.45) is 2.16. The van der Waals surface area contributed by atoms with Crippen molar-refractivity contribution < 1.29 is 14.7 Å². The summed E-state index contributed by atoms with van der Waals surface area (Å²) >= 11 is 0. The normalized spacial score (nSPS) is 17.3. The number of benzene rings is 2. The molecule has 4 nitrogen and oxygen atoms in total. The second kappa shape index (κ2) is 8.38. The van der Waals surface area contributed by atoms with E-state index in [2.05, 4.69) is 19.1 Å². The van der Waals surface area contributed by atoms with Gasteiger partial charge in [0.05, 0.1) is 12.0 Å². The molecule has 0 bridgehead atoms. The van der Waals surface area contributed by atoms with E-state index in [1.165, 1.54) is 11.1 Å². The third-order valence-corrected chi connectivity index (χ3v) is 5.50. The molecular formula is C23H27NO3. The van der Waals surface area contributed by atoms with Crippen LogP contribution in [0.5, 0.6) is 0 Å². The van der Waals surface area contributed by atoms with Gasteiger partial charge in [-0.05, 0) is 42.0 Å². The number of hydrogen-bond donors (Lipinski definition) is 1. The van der Waals surface area contributed by atoms with Crippen LogP contribution in [0.25, 0.3) is 0 Å². The lowest BCUT2D eigenvalue weighted by Gasteiger charge is -2.39. The second-order valence-electron chi connectivity index (χ2n) is 7.32. The number of fused-ring (bicyclic) bond motifs is 1. The summed E-state index contributed by atoms with van der Waals surface area (Å²) in [6, 6.07) is 16.1. The molecule has 1 heterocycles. The number of carbonyl (C=O) groups is 2. The smallest absolute Gasteiger partial charge is 0.307 e. The van der Waals surface area contributed by atoms with E-state index < -0.39 is 11.9 Å². The third-order valence-electron chi connectivity index (χ3n) is 5.50. The van der Waals surface area contributed by atoms with Gasteiger partial charge in [-0.3, -0.25) is 9.59 Å². The molecule has 2 unspecified atom stereocenters. The van der Waals surface area contributed by atoms with Gasteiger partial charge < -0.3 is 10.0 Å². The molecule has 27 heavy (non-hydrogen) atoms. The van der Waals surface area contributed by atoms with Crippen molar-refractivity contribution >= 4 is 11.9 Å². The number of aliphatic carboxylic acids is 1. The Balaban J connectivity index is 1.96. The number of carbonyl (C=O) groups excluding carboxylic acids is 1. The van der Waals surface area contributed by atoms with Gasteiger partial charge in [0.1, 0.15) is 0 Å². The number of rotatable bonds is 6. The Kier molecular flexibility index (Phi) is 5.94. The van der Waals surface area contributed by atoms with Crippen LogP contribution in [0.15, 0.2) is 48.5 Å². The highest BCUT2D eigenvalue weighted by molar-refractivity contribution is 5.83. The predicted octanol–water partition coefficient (Wildman–Crippen LogP) is 4.36. The van der Waals surface area contributed by atoms with E-state index in [4.69, 9.17) is 0 Å². The van der Waals surface area contributed by atoms with Crippen LogP contribution in [0.3, 0.4) is 0 Å². The van der Waals surface area contributed by atoms with Crippen molar-refractivity contribution in [3.8, 4) is 0 Å². The first-order valence-corrected chi connectivity index (χ1v) is 9.68. The van der Waals surface area contributed by atoms with Gasteiger partial charge in [0.2, 0.25) is 5.91 Å². The van der Waals surface area contributed by atoms with Crippen LogP contribution >= 0.6 is 0 Å². The van der Waals surface area contributed by atoms with Gasteiger partial charge >= 0.3 is 5.97 Å². The van der Waals surface area contributed by atoms with Crippen molar-refractivity contribution in [2.24, 2.45) is 5.92 Å². The molecule has 2 aromatic rings. The fraction of sp³-hybridized carbons (Fsp3) is 0.391. The molecule has 0 saturated carbocycles. The maximum Gasteiger partial charge on any atom is 0.307 e. The van der Waals surface area contributed by atoms with Gasteiger partial charge in [0.15, 0.2) is 0 Å². The monoisotopic (exact) mass is 365 g/mol. The van der Waals surface area contributed by atoms with Gasteiger partial charge in [0.25, 0.3) is 0 Å². The first-order valence-electron chi connectivity index (χ1n) is 9.68. The molecule has 1 aliphatic rings. The molecule has 4 heteroatoms. The Morgan fingerprint density at radius 3 is 2.56 bits per heavy atom. The molecule has 3 rings (SSSR count). The highest BCUT2D eigenvalue weighted by Crippen LogP contribution is 2.37. The van der Waals surface area contributed by atoms with E-state index in [9.17, 15) is 14.7 Å². The number of nitrogens with zero attached hydrogens (tertiary/aromatic N) is 1. The van der Waals surface area contributed by atoms with Gasteiger partial charge in [-0.2, -0.15) is 0 Å². The van der Waals surface area contributed by atoms with Crippen LogP contribution in [-0.2, 0) is 16.0 Å². The molecule has 0 radical (unpaired) electrons. The summed E-state index contributed by atoms with van der Waals surface area (Å²) in [4.78, 5) is 26.5. The van der Waals surface area contributed by atoms with E-state index in [1.54, 1.807) is 0 Å². The average molecular weight is 365 g/mol. The first-order chi connectivity index (χ1) is 13.0. The molecule has 1 amide bonds. The van der Waals surface area contributed by atoms with E-state index in [-0.39, 0.29) is 18.4 Å². The second-order valence-corrected chi connectivity index (χ2v) is 7.32. The summed E-state index contributed by atoms with van der Waals surface area (Å²) < 4.78 is 0. The molecule has 0 aliphatic carbocycles. The summed E-state index contributed by atoms with van der Waals surface area (Å²) in [7, 11) is 0. The Morgan fingerprint density at radius 1 is 1.15 bits per heavy atom. The van der Waals surface area contributed by atoms with Gasteiger partial charge in [-0.1, -0.05) is 61.9 Å². The van der Waals surface area contributed by atoms with Crippen LogP contribution < -0.4 is 0 Å². The van der Waals surface area contributed by atoms with Crippen molar-refractivity contribution in [2.45, 2.75) is 45.6 Å². The molecular weight excluding hydrogens is 338 g/mol. The van der Waals surface area contributed by atoms with E-state index in [1.807, 2.05) is 48.2 Å². The predicted molar refractivity (Wildman–Crippen MR) is 106 cm³/mol. The molecule has 1 N–H and O–H groups in total. The Bertz CT molecular complexity index is 816. The number of aryl methyl sites for hydroxylation is 1. The van der Waals surface area contributed by atoms with Crippen LogP contribution in [0.1, 0.15) is 54.5 Å². The zero-order valence-corrected chi connectivity index (χ0v) is 16.0. The Morgan fingerprint density at radius 2 is 1.89 bits per heavy atom. The van der Waals surface area contributed by atoms with Crippen molar-refractivity contribution in [3.63, 3.8) is 0 Å². The van der Waals surface area contributed by atoms with Crippen LogP contribution in [-0.4, -0.2) is 28.4 Å².